The largest absolute Gasteiger partial charge is 0.399 e. The Kier molecular flexibility index (Phi) is 10.2. The molecule has 4 nitrogen and oxygen atoms in total. The van der Waals surface area contributed by atoms with Crippen molar-refractivity contribution in [2.24, 2.45) is 5.92 Å². The van der Waals surface area contributed by atoms with Crippen LogP contribution in [0.5, 0.6) is 0 Å². The number of carbonyl (C=O) groups is 1. The number of nitrogens with two attached hydrogens (primary N) is 1. The quantitative estimate of drug-likeness (QED) is 0.805. The lowest BCUT2D eigenvalue weighted by atomic mass is 9.96. The smallest absolute Gasteiger partial charge is 0.251 e. The Labute approximate surface area is 145 Å². The van der Waals surface area contributed by atoms with Crippen LogP contribution in [0.1, 0.15) is 36.5 Å². The molecule has 126 valence electrons. The Balaban J connectivity index is 0.00000220. The van der Waals surface area contributed by atoms with Crippen molar-refractivity contribution in [2.75, 3.05) is 31.9 Å². The van der Waals surface area contributed by atoms with Crippen LogP contribution in [-0.2, 0) is 0 Å². The van der Waals surface area contributed by atoms with E-state index in [0.29, 0.717) is 17.2 Å². The molecule has 0 spiro atoms. The van der Waals surface area contributed by atoms with Gasteiger partial charge in [0.05, 0.1) is 0 Å². The molecule has 2 rings (SSSR count). The average Bonchev–Trinajstić information content (AvgIpc) is 2.46. The summed E-state index contributed by atoms with van der Waals surface area (Å²) in [6.45, 7) is 6.51. The summed E-state index contributed by atoms with van der Waals surface area (Å²) in [7, 11) is 0. The van der Waals surface area contributed by atoms with Crippen molar-refractivity contribution in [3.05, 3.63) is 29.8 Å². The standard InChI is InChI=1S/C16H25N3O.2ClH/c1-2-8-19-9-6-13(7-10-19)12-18-16(20)14-4-3-5-15(17)11-14;;/h3-5,11,13H,2,6-10,12,17H2,1H3,(H,18,20);2*1H. The van der Waals surface area contributed by atoms with E-state index < -0.39 is 0 Å². The number of amides is 1. The van der Waals surface area contributed by atoms with Crippen LogP contribution in [0.15, 0.2) is 24.3 Å². The molecule has 1 amide bonds. The predicted octanol–water partition coefficient (Wildman–Crippen LogP) is 2.96. The monoisotopic (exact) mass is 347 g/mol. The van der Waals surface area contributed by atoms with E-state index in [2.05, 4.69) is 17.1 Å². The zero-order chi connectivity index (χ0) is 14.4. The molecule has 0 atom stereocenters. The molecule has 0 radical (unpaired) electrons. The lowest BCUT2D eigenvalue weighted by molar-refractivity contribution is 0.0936. The summed E-state index contributed by atoms with van der Waals surface area (Å²) in [6.07, 6.45) is 3.57. The maximum absolute atomic E-state index is 12.0. The molecule has 22 heavy (non-hydrogen) atoms. The molecule has 1 fully saturated rings. The van der Waals surface area contributed by atoms with Crippen molar-refractivity contribution in [2.45, 2.75) is 26.2 Å². The number of halogens is 2. The van der Waals surface area contributed by atoms with Crippen molar-refractivity contribution in [1.29, 1.82) is 0 Å². The number of benzene rings is 1. The second-order valence-corrected chi connectivity index (χ2v) is 5.62. The van der Waals surface area contributed by atoms with Crippen molar-refractivity contribution in [1.82, 2.24) is 10.2 Å². The van der Waals surface area contributed by atoms with Gasteiger partial charge in [-0.3, -0.25) is 4.79 Å². The van der Waals surface area contributed by atoms with Crippen LogP contribution < -0.4 is 11.1 Å². The Morgan fingerprint density at radius 3 is 2.59 bits per heavy atom. The Bertz CT molecular complexity index is 449. The topological polar surface area (TPSA) is 58.4 Å². The predicted molar refractivity (Wildman–Crippen MR) is 97.1 cm³/mol. The van der Waals surface area contributed by atoms with Crippen LogP contribution in [0, 0.1) is 5.92 Å². The highest BCUT2D eigenvalue weighted by Crippen LogP contribution is 2.16. The molecule has 1 saturated heterocycles. The summed E-state index contributed by atoms with van der Waals surface area (Å²) >= 11 is 0. The maximum atomic E-state index is 12.0. The SMILES string of the molecule is CCCN1CCC(CNC(=O)c2cccc(N)c2)CC1.Cl.Cl. The summed E-state index contributed by atoms with van der Waals surface area (Å²) < 4.78 is 0. The van der Waals surface area contributed by atoms with Gasteiger partial charge in [-0.2, -0.15) is 0 Å². The number of nitrogens with one attached hydrogen (secondary N) is 1. The molecule has 0 bridgehead atoms. The zero-order valence-electron chi connectivity index (χ0n) is 13.1. The van der Waals surface area contributed by atoms with Gasteiger partial charge in [-0.1, -0.05) is 13.0 Å². The molecule has 0 unspecified atom stereocenters. The van der Waals surface area contributed by atoms with Gasteiger partial charge >= 0.3 is 0 Å². The summed E-state index contributed by atoms with van der Waals surface area (Å²) in [5, 5.41) is 3.03. The fraction of sp³-hybridized carbons (Fsp3) is 0.562. The van der Waals surface area contributed by atoms with Gasteiger partial charge in [-0.15, -0.1) is 24.8 Å². The second kappa shape index (κ2) is 10.7. The minimum Gasteiger partial charge on any atom is -0.399 e. The van der Waals surface area contributed by atoms with E-state index in [1.807, 2.05) is 6.07 Å². The Morgan fingerprint density at radius 1 is 1.32 bits per heavy atom. The van der Waals surface area contributed by atoms with E-state index in [-0.39, 0.29) is 30.7 Å². The van der Waals surface area contributed by atoms with Crippen LogP contribution in [0.2, 0.25) is 0 Å². The summed E-state index contributed by atoms with van der Waals surface area (Å²) in [6, 6.07) is 7.13. The van der Waals surface area contributed by atoms with Crippen LogP contribution in [0.25, 0.3) is 0 Å². The molecule has 0 saturated carbocycles. The molecule has 1 aliphatic rings. The number of hydrogen-bond acceptors (Lipinski definition) is 3. The van der Waals surface area contributed by atoms with Gasteiger partial charge in [0, 0.05) is 17.8 Å². The number of hydrogen-bond donors (Lipinski definition) is 2. The fourth-order valence-corrected chi connectivity index (χ4v) is 2.75. The van der Waals surface area contributed by atoms with Gasteiger partial charge in [-0.25, -0.2) is 0 Å². The molecule has 0 aromatic heterocycles. The van der Waals surface area contributed by atoms with E-state index in [9.17, 15) is 4.79 Å². The van der Waals surface area contributed by atoms with Crippen molar-refractivity contribution in [3.63, 3.8) is 0 Å². The van der Waals surface area contributed by atoms with E-state index >= 15 is 0 Å². The van der Waals surface area contributed by atoms with Gasteiger partial charge < -0.3 is 16.0 Å². The first-order valence-electron chi connectivity index (χ1n) is 7.55. The lowest BCUT2D eigenvalue weighted by Gasteiger charge is -2.31. The number of likely N-dealkylation sites (tertiary alicyclic amines) is 1. The van der Waals surface area contributed by atoms with Gasteiger partial charge in [0.25, 0.3) is 5.91 Å². The molecule has 0 aliphatic carbocycles. The average molecular weight is 348 g/mol. The molecule has 1 aliphatic heterocycles. The number of carbonyl (C=O) groups excluding carboxylic acids is 1. The minimum absolute atomic E-state index is 0. The van der Waals surface area contributed by atoms with Crippen LogP contribution in [0.3, 0.4) is 0 Å². The molecular weight excluding hydrogens is 321 g/mol. The molecule has 6 heteroatoms. The highest BCUT2D eigenvalue weighted by Gasteiger charge is 2.19. The van der Waals surface area contributed by atoms with Crippen LogP contribution in [-0.4, -0.2) is 37.0 Å². The van der Waals surface area contributed by atoms with Gasteiger partial charge in [0.15, 0.2) is 0 Å². The van der Waals surface area contributed by atoms with E-state index in [0.717, 1.165) is 19.6 Å². The second-order valence-electron chi connectivity index (χ2n) is 5.62. The van der Waals surface area contributed by atoms with E-state index in [4.69, 9.17) is 5.73 Å². The Morgan fingerprint density at radius 2 is 2.00 bits per heavy atom. The summed E-state index contributed by atoms with van der Waals surface area (Å²) in [4.78, 5) is 14.5. The maximum Gasteiger partial charge on any atom is 0.251 e. The highest BCUT2D eigenvalue weighted by molar-refractivity contribution is 5.94. The van der Waals surface area contributed by atoms with Crippen molar-refractivity contribution in [3.8, 4) is 0 Å². The van der Waals surface area contributed by atoms with Gasteiger partial charge in [-0.05, 0) is 63.0 Å². The molecule has 1 aromatic rings. The molecule has 3 N–H and O–H groups in total. The molecular formula is C16H27Cl2N3O. The lowest BCUT2D eigenvalue weighted by Crippen LogP contribution is -2.38. The Hall–Kier alpha value is -0.970. The van der Waals surface area contributed by atoms with Crippen molar-refractivity contribution >= 4 is 36.4 Å². The third-order valence-electron chi connectivity index (χ3n) is 3.95. The van der Waals surface area contributed by atoms with E-state index in [1.54, 1.807) is 18.2 Å². The normalized spacial score (nSPS) is 15.5. The first kappa shape index (κ1) is 21.0. The van der Waals surface area contributed by atoms with Gasteiger partial charge in [0.2, 0.25) is 0 Å². The number of piperidine rings is 1. The highest BCUT2D eigenvalue weighted by atomic mass is 35.5. The fourth-order valence-electron chi connectivity index (χ4n) is 2.75. The first-order valence-corrected chi connectivity index (χ1v) is 7.55. The van der Waals surface area contributed by atoms with Crippen LogP contribution in [0.4, 0.5) is 5.69 Å². The third-order valence-corrected chi connectivity index (χ3v) is 3.95. The first-order chi connectivity index (χ1) is 9.69. The zero-order valence-corrected chi connectivity index (χ0v) is 14.7. The molecule has 1 heterocycles. The van der Waals surface area contributed by atoms with Gasteiger partial charge in [0.1, 0.15) is 0 Å². The van der Waals surface area contributed by atoms with E-state index in [1.165, 1.54) is 25.8 Å². The number of anilines is 1. The van der Waals surface area contributed by atoms with Crippen LogP contribution >= 0.6 is 24.8 Å². The number of nitrogen functional groups attached to an aromatic ring is 1. The van der Waals surface area contributed by atoms with Crippen molar-refractivity contribution < 1.29 is 4.79 Å². The summed E-state index contributed by atoms with van der Waals surface area (Å²) in [5.74, 6) is 0.585. The number of rotatable bonds is 5. The summed E-state index contributed by atoms with van der Waals surface area (Å²) in [5.41, 5.74) is 6.97. The third kappa shape index (κ3) is 6.42. The number of nitrogens with zero attached hydrogens (tertiary/aromatic N) is 1. The molecule has 1 aromatic carbocycles. The minimum atomic E-state index is -0.0201.